The molecule has 1 amide bonds. The average Bonchev–Trinajstić information content (AvgIpc) is 2.82. The minimum atomic E-state index is -0.780. The smallest absolute Gasteiger partial charge is 0.256 e. The highest BCUT2D eigenvalue weighted by atomic mass is 16.5. The topological polar surface area (TPSA) is 71.3 Å². The van der Waals surface area contributed by atoms with Crippen molar-refractivity contribution in [3.63, 3.8) is 0 Å². The van der Waals surface area contributed by atoms with Crippen LogP contribution in [0.15, 0.2) is 18.2 Å². The standard InChI is InChI=1S/C18H24N2O3/c1-3-23-18(10-6-4-5-7-11-18)17(21)20-16-9-8-15(22-2)12-14(16)13-19/h8-9,12H,3-7,10-11H2,1-2H3,(H,20,21). The van der Waals surface area contributed by atoms with Gasteiger partial charge in [0.15, 0.2) is 0 Å². The van der Waals surface area contributed by atoms with Gasteiger partial charge in [-0.3, -0.25) is 4.79 Å². The van der Waals surface area contributed by atoms with Crippen molar-refractivity contribution in [3.8, 4) is 11.8 Å². The molecule has 1 aromatic rings. The first kappa shape index (κ1) is 17.3. The number of rotatable bonds is 5. The highest BCUT2D eigenvalue weighted by Crippen LogP contribution is 2.32. The first-order valence-electron chi connectivity index (χ1n) is 8.19. The van der Waals surface area contributed by atoms with E-state index in [1.807, 2.05) is 6.92 Å². The van der Waals surface area contributed by atoms with Crippen molar-refractivity contribution in [3.05, 3.63) is 23.8 Å². The van der Waals surface area contributed by atoms with Gasteiger partial charge in [0.25, 0.3) is 5.91 Å². The minimum absolute atomic E-state index is 0.150. The van der Waals surface area contributed by atoms with Gasteiger partial charge in [0.1, 0.15) is 17.4 Å². The van der Waals surface area contributed by atoms with Gasteiger partial charge in [-0.05, 0) is 38.0 Å². The fourth-order valence-corrected chi connectivity index (χ4v) is 3.10. The van der Waals surface area contributed by atoms with Gasteiger partial charge in [0, 0.05) is 6.61 Å². The number of nitrogens with zero attached hydrogens (tertiary/aromatic N) is 1. The van der Waals surface area contributed by atoms with E-state index in [2.05, 4.69) is 11.4 Å². The summed E-state index contributed by atoms with van der Waals surface area (Å²) >= 11 is 0. The number of anilines is 1. The second kappa shape index (κ2) is 7.98. The molecular formula is C18H24N2O3. The van der Waals surface area contributed by atoms with Crippen molar-refractivity contribution in [1.29, 1.82) is 5.26 Å². The number of amides is 1. The normalized spacial score (nSPS) is 16.9. The SMILES string of the molecule is CCOC1(C(=O)Nc2ccc(OC)cc2C#N)CCCCCC1. The highest BCUT2D eigenvalue weighted by Gasteiger charge is 2.39. The van der Waals surface area contributed by atoms with Crippen LogP contribution >= 0.6 is 0 Å². The molecule has 0 saturated heterocycles. The number of hydrogen-bond donors (Lipinski definition) is 1. The molecule has 0 radical (unpaired) electrons. The number of carbonyl (C=O) groups is 1. The molecule has 1 aliphatic rings. The summed E-state index contributed by atoms with van der Waals surface area (Å²) in [7, 11) is 1.55. The maximum absolute atomic E-state index is 12.9. The van der Waals surface area contributed by atoms with Crippen LogP contribution in [-0.4, -0.2) is 25.2 Å². The molecule has 0 atom stereocenters. The second-order valence-corrected chi connectivity index (χ2v) is 5.82. The molecule has 23 heavy (non-hydrogen) atoms. The summed E-state index contributed by atoms with van der Waals surface area (Å²) in [5, 5.41) is 12.2. The van der Waals surface area contributed by atoms with E-state index in [4.69, 9.17) is 9.47 Å². The molecular weight excluding hydrogens is 292 g/mol. The molecule has 1 saturated carbocycles. The van der Waals surface area contributed by atoms with E-state index in [0.717, 1.165) is 38.5 Å². The second-order valence-electron chi connectivity index (χ2n) is 5.82. The van der Waals surface area contributed by atoms with E-state index in [-0.39, 0.29) is 5.91 Å². The van der Waals surface area contributed by atoms with E-state index in [9.17, 15) is 10.1 Å². The van der Waals surface area contributed by atoms with Crippen LogP contribution in [0.4, 0.5) is 5.69 Å². The van der Waals surface area contributed by atoms with Crippen LogP contribution in [0, 0.1) is 11.3 Å². The summed E-state index contributed by atoms with van der Waals surface area (Å²) in [4.78, 5) is 12.9. The van der Waals surface area contributed by atoms with Crippen LogP contribution < -0.4 is 10.1 Å². The first-order valence-corrected chi connectivity index (χ1v) is 8.19. The number of nitriles is 1. The summed E-state index contributed by atoms with van der Waals surface area (Å²) in [6.07, 6.45) is 5.69. The Hall–Kier alpha value is -2.06. The van der Waals surface area contributed by atoms with Crippen LogP contribution in [0.2, 0.25) is 0 Å². The molecule has 0 aromatic heterocycles. The van der Waals surface area contributed by atoms with Gasteiger partial charge in [-0.25, -0.2) is 0 Å². The third-order valence-electron chi connectivity index (χ3n) is 4.34. The lowest BCUT2D eigenvalue weighted by atomic mass is 9.92. The Morgan fingerprint density at radius 2 is 2.00 bits per heavy atom. The van der Waals surface area contributed by atoms with Gasteiger partial charge in [0.2, 0.25) is 0 Å². The maximum atomic E-state index is 12.9. The minimum Gasteiger partial charge on any atom is -0.497 e. The van der Waals surface area contributed by atoms with Crippen LogP contribution in [0.5, 0.6) is 5.75 Å². The van der Waals surface area contributed by atoms with E-state index < -0.39 is 5.60 Å². The third-order valence-corrected chi connectivity index (χ3v) is 4.34. The summed E-state index contributed by atoms with van der Waals surface area (Å²) in [6.45, 7) is 2.41. The summed E-state index contributed by atoms with van der Waals surface area (Å²) in [6, 6.07) is 7.15. The van der Waals surface area contributed by atoms with Crippen LogP contribution in [0.25, 0.3) is 0 Å². The molecule has 2 rings (SSSR count). The van der Waals surface area contributed by atoms with Crippen molar-refractivity contribution in [1.82, 2.24) is 0 Å². The lowest BCUT2D eigenvalue weighted by Crippen LogP contribution is -2.45. The van der Waals surface area contributed by atoms with Crippen molar-refractivity contribution in [2.75, 3.05) is 19.0 Å². The van der Waals surface area contributed by atoms with Crippen LogP contribution in [-0.2, 0) is 9.53 Å². The molecule has 0 aliphatic heterocycles. The molecule has 5 nitrogen and oxygen atoms in total. The fraction of sp³-hybridized carbons (Fsp3) is 0.556. The molecule has 124 valence electrons. The van der Waals surface area contributed by atoms with Crippen molar-refractivity contribution >= 4 is 11.6 Å². The largest absolute Gasteiger partial charge is 0.497 e. The van der Waals surface area contributed by atoms with Gasteiger partial charge >= 0.3 is 0 Å². The average molecular weight is 316 g/mol. The monoisotopic (exact) mass is 316 g/mol. The molecule has 0 heterocycles. The summed E-state index contributed by atoms with van der Waals surface area (Å²) in [5.41, 5.74) is 0.109. The van der Waals surface area contributed by atoms with Gasteiger partial charge in [-0.2, -0.15) is 5.26 Å². The van der Waals surface area contributed by atoms with E-state index in [1.165, 1.54) is 0 Å². The Labute approximate surface area is 137 Å². The molecule has 1 N–H and O–H groups in total. The van der Waals surface area contributed by atoms with E-state index in [1.54, 1.807) is 25.3 Å². The molecule has 1 aromatic carbocycles. The van der Waals surface area contributed by atoms with Gasteiger partial charge in [-0.15, -0.1) is 0 Å². The molecule has 0 bridgehead atoms. The lowest BCUT2D eigenvalue weighted by molar-refractivity contribution is -0.143. The zero-order valence-electron chi connectivity index (χ0n) is 13.9. The van der Waals surface area contributed by atoms with Crippen molar-refractivity contribution < 1.29 is 14.3 Å². The molecule has 5 heteroatoms. The number of methoxy groups -OCH3 is 1. The molecule has 1 aliphatic carbocycles. The Morgan fingerprint density at radius 1 is 1.30 bits per heavy atom. The number of ether oxygens (including phenoxy) is 2. The predicted octanol–water partition coefficient (Wildman–Crippen LogP) is 3.63. The fourth-order valence-electron chi connectivity index (χ4n) is 3.10. The van der Waals surface area contributed by atoms with Gasteiger partial charge < -0.3 is 14.8 Å². The zero-order chi connectivity index (χ0) is 16.7. The predicted molar refractivity (Wildman–Crippen MR) is 88.4 cm³/mol. The van der Waals surface area contributed by atoms with Crippen LogP contribution in [0.1, 0.15) is 51.0 Å². The Bertz CT molecular complexity index is 584. The van der Waals surface area contributed by atoms with Crippen molar-refractivity contribution in [2.45, 2.75) is 51.0 Å². The molecule has 0 unspecified atom stereocenters. The van der Waals surface area contributed by atoms with E-state index >= 15 is 0 Å². The number of carbonyl (C=O) groups excluding carboxylic acids is 1. The Balaban J connectivity index is 2.23. The maximum Gasteiger partial charge on any atom is 0.256 e. The Morgan fingerprint density at radius 3 is 2.57 bits per heavy atom. The lowest BCUT2D eigenvalue weighted by Gasteiger charge is -2.31. The number of nitrogens with one attached hydrogen (secondary N) is 1. The van der Waals surface area contributed by atoms with Crippen LogP contribution in [0.3, 0.4) is 0 Å². The van der Waals surface area contributed by atoms with E-state index in [0.29, 0.717) is 23.6 Å². The molecule has 0 spiro atoms. The zero-order valence-corrected chi connectivity index (χ0v) is 13.9. The first-order chi connectivity index (χ1) is 11.1. The highest BCUT2D eigenvalue weighted by molar-refractivity contribution is 5.98. The third kappa shape index (κ3) is 4.02. The summed E-state index contributed by atoms with van der Waals surface area (Å²) < 4.78 is 11.0. The molecule has 1 fully saturated rings. The number of hydrogen-bond acceptors (Lipinski definition) is 4. The van der Waals surface area contributed by atoms with Crippen molar-refractivity contribution in [2.24, 2.45) is 0 Å². The Kier molecular flexibility index (Phi) is 6.00. The van der Waals surface area contributed by atoms with Gasteiger partial charge in [0.05, 0.1) is 18.4 Å². The quantitative estimate of drug-likeness (QED) is 0.842. The number of benzene rings is 1. The van der Waals surface area contributed by atoms with Gasteiger partial charge in [-0.1, -0.05) is 25.7 Å². The summed E-state index contributed by atoms with van der Waals surface area (Å²) in [5.74, 6) is 0.441.